The molecule has 1 aromatic carbocycles. The van der Waals surface area contributed by atoms with Crippen molar-refractivity contribution in [1.82, 2.24) is 9.88 Å². The van der Waals surface area contributed by atoms with Crippen LogP contribution in [0, 0.1) is 17.3 Å². The van der Waals surface area contributed by atoms with E-state index in [1.807, 2.05) is 30.3 Å². The third-order valence-corrected chi connectivity index (χ3v) is 3.94. The topological polar surface area (TPSA) is 43.2 Å². The number of hydrogen-bond donors (Lipinski definition) is 0. The second-order valence-electron chi connectivity index (χ2n) is 5.41. The average Bonchev–Trinajstić information content (AvgIpc) is 2.56. The van der Waals surface area contributed by atoms with E-state index in [0.717, 1.165) is 38.4 Å². The van der Waals surface area contributed by atoms with Crippen molar-refractivity contribution >= 4 is 5.69 Å². The zero-order valence-electron chi connectivity index (χ0n) is 12.2. The smallest absolute Gasteiger partial charge is 0.214 e. The second kappa shape index (κ2) is 6.54. The maximum atomic E-state index is 13.2. The lowest BCUT2D eigenvalue weighted by atomic mass is 10.1. The first-order chi connectivity index (χ1) is 10.7. The van der Waals surface area contributed by atoms with Gasteiger partial charge in [-0.3, -0.25) is 4.90 Å². The summed E-state index contributed by atoms with van der Waals surface area (Å²) in [6.45, 7) is 4.50. The lowest BCUT2D eigenvalue weighted by molar-refractivity contribution is 0.250. The lowest BCUT2D eigenvalue weighted by Gasteiger charge is -2.36. The number of halogens is 1. The molecule has 2 aromatic rings. The zero-order valence-corrected chi connectivity index (χ0v) is 12.2. The van der Waals surface area contributed by atoms with Crippen LogP contribution < -0.4 is 4.90 Å². The van der Waals surface area contributed by atoms with Gasteiger partial charge in [-0.1, -0.05) is 12.1 Å². The molecule has 0 saturated carbocycles. The van der Waals surface area contributed by atoms with Crippen molar-refractivity contribution < 1.29 is 4.39 Å². The van der Waals surface area contributed by atoms with Gasteiger partial charge in [-0.05, 0) is 23.8 Å². The average molecular weight is 296 g/mol. The third-order valence-electron chi connectivity index (χ3n) is 3.94. The summed E-state index contributed by atoms with van der Waals surface area (Å²) in [4.78, 5) is 8.14. The molecule has 0 spiro atoms. The Morgan fingerprint density at radius 2 is 1.82 bits per heavy atom. The minimum atomic E-state index is -0.433. The number of aromatic nitrogens is 1. The van der Waals surface area contributed by atoms with E-state index in [4.69, 9.17) is 5.26 Å². The van der Waals surface area contributed by atoms with Crippen molar-refractivity contribution in [3.8, 4) is 6.07 Å². The van der Waals surface area contributed by atoms with Gasteiger partial charge in [0.15, 0.2) is 0 Å². The van der Waals surface area contributed by atoms with E-state index in [9.17, 15) is 4.39 Å². The monoisotopic (exact) mass is 296 g/mol. The molecule has 0 unspecified atom stereocenters. The second-order valence-corrected chi connectivity index (χ2v) is 5.41. The van der Waals surface area contributed by atoms with Gasteiger partial charge in [0.2, 0.25) is 5.95 Å². The molecule has 0 aliphatic carbocycles. The molecule has 0 N–H and O–H groups in total. The molecule has 0 atom stereocenters. The standard InChI is InChI=1S/C17H17FN4/c18-17-11-16(5-6-20-17)22-9-7-21(8-10-22)13-15-3-1-14(12-19)2-4-15/h1-6,11H,7-10,13H2. The predicted octanol–water partition coefficient (Wildman–Crippen LogP) is 2.41. The van der Waals surface area contributed by atoms with Gasteiger partial charge in [0, 0.05) is 50.7 Å². The summed E-state index contributed by atoms with van der Waals surface area (Å²) < 4.78 is 13.2. The molecule has 1 aliphatic rings. The molecule has 1 aliphatic heterocycles. The number of benzene rings is 1. The van der Waals surface area contributed by atoms with Crippen molar-refractivity contribution in [3.05, 3.63) is 59.7 Å². The molecule has 112 valence electrons. The van der Waals surface area contributed by atoms with Crippen LogP contribution in [0.4, 0.5) is 10.1 Å². The summed E-state index contributed by atoms with van der Waals surface area (Å²) in [6.07, 6.45) is 1.51. The Morgan fingerprint density at radius 3 is 2.45 bits per heavy atom. The van der Waals surface area contributed by atoms with Crippen LogP contribution in [0.25, 0.3) is 0 Å². The van der Waals surface area contributed by atoms with Gasteiger partial charge in [-0.25, -0.2) is 4.98 Å². The Morgan fingerprint density at radius 1 is 1.09 bits per heavy atom. The number of piperazine rings is 1. The zero-order chi connectivity index (χ0) is 15.4. The fourth-order valence-electron chi connectivity index (χ4n) is 2.70. The lowest BCUT2D eigenvalue weighted by Crippen LogP contribution is -2.46. The van der Waals surface area contributed by atoms with E-state index in [1.54, 1.807) is 0 Å². The van der Waals surface area contributed by atoms with Crippen LogP contribution in [-0.4, -0.2) is 36.1 Å². The molecule has 1 saturated heterocycles. The molecule has 1 aromatic heterocycles. The van der Waals surface area contributed by atoms with Crippen LogP contribution in [0.3, 0.4) is 0 Å². The van der Waals surface area contributed by atoms with E-state index in [0.29, 0.717) is 5.56 Å². The van der Waals surface area contributed by atoms with Gasteiger partial charge in [0.05, 0.1) is 11.6 Å². The van der Waals surface area contributed by atoms with E-state index in [2.05, 4.69) is 20.9 Å². The van der Waals surface area contributed by atoms with Crippen molar-refractivity contribution in [2.24, 2.45) is 0 Å². The first kappa shape index (κ1) is 14.5. The van der Waals surface area contributed by atoms with E-state index in [1.165, 1.54) is 17.8 Å². The molecule has 2 heterocycles. The molecule has 22 heavy (non-hydrogen) atoms. The highest BCUT2D eigenvalue weighted by molar-refractivity contribution is 5.45. The molecule has 1 fully saturated rings. The first-order valence-electron chi connectivity index (χ1n) is 7.32. The number of nitrogens with zero attached hydrogens (tertiary/aromatic N) is 4. The number of hydrogen-bond acceptors (Lipinski definition) is 4. The molecule has 4 nitrogen and oxygen atoms in total. The Hall–Kier alpha value is -2.45. The summed E-state index contributed by atoms with van der Waals surface area (Å²) in [6, 6.07) is 13.2. The quantitative estimate of drug-likeness (QED) is 0.816. The Kier molecular flexibility index (Phi) is 4.31. The van der Waals surface area contributed by atoms with Crippen LogP contribution in [0.1, 0.15) is 11.1 Å². The third kappa shape index (κ3) is 3.41. The summed E-state index contributed by atoms with van der Waals surface area (Å²) in [7, 11) is 0. The minimum absolute atomic E-state index is 0.433. The highest BCUT2D eigenvalue weighted by atomic mass is 19.1. The largest absolute Gasteiger partial charge is 0.369 e. The number of nitriles is 1. The molecule has 0 amide bonds. The van der Waals surface area contributed by atoms with Crippen LogP contribution in [-0.2, 0) is 6.54 Å². The highest BCUT2D eigenvalue weighted by Gasteiger charge is 2.17. The first-order valence-corrected chi connectivity index (χ1v) is 7.32. The van der Waals surface area contributed by atoms with E-state index in [-0.39, 0.29) is 0 Å². The van der Waals surface area contributed by atoms with Gasteiger partial charge >= 0.3 is 0 Å². The highest BCUT2D eigenvalue weighted by Crippen LogP contribution is 2.17. The molecule has 0 radical (unpaired) electrons. The van der Waals surface area contributed by atoms with Crippen molar-refractivity contribution in [1.29, 1.82) is 5.26 Å². The Labute approximate surface area is 129 Å². The van der Waals surface area contributed by atoms with Crippen molar-refractivity contribution in [2.45, 2.75) is 6.54 Å². The van der Waals surface area contributed by atoms with Gasteiger partial charge in [-0.15, -0.1) is 0 Å². The Balaban J connectivity index is 1.56. The number of rotatable bonds is 3. The number of anilines is 1. The van der Waals surface area contributed by atoms with Crippen molar-refractivity contribution in [2.75, 3.05) is 31.1 Å². The maximum absolute atomic E-state index is 13.2. The molecule has 5 heteroatoms. The SMILES string of the molecule is N#Cc1ccc(CN2CCN(c3ccnc(F)c3)CC2)cc1. The Bertz CT molecular complexity index is 670. The van der Waals surface area contributed by atoms with Gasteiger partial charge in [0.25, 0.3) is 0 Å². The maximum Gasteiger partial charge on any atom is 0.214 e. The van der Waals surface area contributed by atoms with E-state index >= 15 is 0 Å². The van der Waals surface area contributed by atoms with Crippen molar-refractivity contribution in [3.63, 3.8) is 0 Å². The fraction of sp³-hybridized carbons (Fsp3) is 0.294. The van der Waals surface area contributed by atoms with Crippen LogP contribution in [0.15, 0.2) is 42.6 Å². The predicted molar refractivity (Wildman–Crippen MR) is 82.8 cm³/mol. The van der Waals surface area contributed by atoms with Crippen LogP contribution >= 0.6 is 0 Å². The number of pyridine rings is 1. The van der Waals surface area contributed by atoms with Gasteiger partial charge < -0.3 is 4.90 Å². The molecule has 0 bridgehead atoms. The fourth-order valence-corrected chi connectivity index (χ4v) is 2.70. The minimum Gasteiger partial charge on any atom is -0.369 e. The van der Waals surface area contributed by atoms with Gasteiger partial charge in [0.1, 0.15) is 0 Å². The normalized spacial score (nSPS) is 15.5. The summed E-state index contributed by atoms with van der Waals surface area (Å²) in [5.41, 5.74) is 2.79. The van der Waals surface area contributed by atoms with Crippen LogP contribution in [0.2, 0.25) is 0 Å². The summed E-state index contributed by atoms with van der Waals surface area (Å²) in [5, 5.41) is 8.81. The summed E-state index contributed by atoms with van der Waals surface area (Å²) in [5.74, 6) is -0.433. The molecular weight excluding hydrogens is 279 g/mol. The molecule has 3 rings (SSSR count). The molecular formula is C17H17FN4. The van der Waals surface area contributed by atoms with E-state index < -0.39 is 5.95 Å². The summed E-state index contributed by atoms with van der Waals surface area (Å²) >= 11 is 0. The van der Waals surface area contributed by atoms with Gasteiger partial charge in [-0.2, -0.15) is 9.65 Å². The van der Waals surface area contributed by atoms with Crippen LogP contribution in [0.5, 0.6) is 0 Å².